The van der Waals surface area contributed by atoms with E-state index in [-0.39, 0.29) is 6.04 Å². The van der Waals surface area contributed by atoms with Gasteiger partial charge in [0.15, 0.2) is 12.3 Å². The van der Waals surface area contributed by atoms with E-state index >= 15 is 0 Å². The van der Waals surface area contributed by atoms with E-state index in [0.717, 1.165) is 33.2 Å². The second kappa shape index (κ2) is 7.89. The number of rotatable bonds is 4. The Balaban J connectivity index is 1.81. The number of benzene rings is 2. The van der Waals surface area contributed by atoms with Crippen LogP contribution in [0.4, 0.5) is 0 Å². The molecule has 0 radical (unpaired) electrons. The molecule has 0 aromatic heterocycles. The summed E-state index contributed by atoms with van der Waals surface area (Å²) in [6.45, 7) is 0. The highest BCUT2D eigenvalue weighted by Crippen LogP contribution is 2.30. The number of hydrogen-bond donors (Lipinski definition) is 0. The number of hydrogen-bond acceptors (Lipinski definition) is 2. The summed E-state index contributed by atoms with van der Waals surface area (Å²) in [6.07, 6.45) is 7.36. The smallest absolute Gasteiger partial charge is 0.183 e. The number of hydroxylamine groups is 1. The molecule has 0 amide bonds. The summed E-state index contributed by atoms with van der Waals surface area (Å²) in [7, 11) is 0. The second-order valence-electron chi connectivity index (χ2n) is 5.87. The van der Waals surface area contributed by atoms with Crippen molar-refractivity contribution >= 4 is 29.6 Å². The van der Waals surface area contributed by atoms with Crippen LogP contribution in [0.3, 0.4) is 0 Å². The van der Waals surface area contributed by atoms with Crippen LogP contribution in [0.5, 0.6) is 0 Å². The van der Waals surface area contributed by atoms with E-state index in [1.54, 1.807) is 18.0 Å². The Hall–Kier alpha value is -1.45. The highest BCUT2D eigenvalue weighted by molar-refractivity contribution is 7.99. The minimum Gasteiger partial charge on any atom is -0.624 e. The van der Waals surface area contributed by atoms with E-state index in [2.05, 4.69) is 6.07 Å². The summed E-state index contributed by atoms with van der Waals surface area (Å²) >= 11 is 7.59. The van der Waals surface area contributed by atoms with Crippen molar-refractivity contribution in [3.8, 4) is 0 Å². The summed E-state index contributed by atoms with van der Waals surface area (Å²) < 4.78 is 1.17. The van der Waals surface area contributed by atoms with Crippen LogP contribution < -0.4 is 0 Å². The summed E-state index contributed by atoms with van der Waals surface area (Å²) in [5.41, 5.74) is 0.980. The van der Waals surface area contributed by atoms with E-state index in [0.29, 0.717) is 0 Å². The maximum absolute atomic E-state index is 12.5. The zero-order chi connectivity index (χ0) is 16.1. The first-order valence-corrected chi connectivity index (χ1v) is 9.24. The molecule has 0 heterocycles. The molecule has 2 nitrogen and oxygen atoms in total. The third-order valence-corrected chi connectivity index (χ3v) is 5.51. The Morgan fingerprint density at radius 3 is 2.43 bits per heavy atom. The van der Waals surface area contributed by atoms with Gasteiger partial charge in [-0.3, -0.25) is 0 Å². The molecular formula is C19H20ClNOS. The molecule has 1 aliphatic carbocycles. The lowest BCUT2D eigenvalue weighted by Gasteiger charge is -2.21. The molecule has 0 atom stereocenters. The molecule has 1 fully saturated rings. The lowest BCUT2D eigenvalue weighted by atomic mass is 9.96. The SMILES string of the molecule is [O-][N+](=Cc1ccccc1Sc1ccc(Cl)cc1)C1CCCCC1. The summed E-state index contributed by atoms with van der Waals surface area (Å²) in [5, 5.41) is 13.2. The van der Waals surface area contributed by atoms with Crippen molar-refractivity contribution in [2.24, 2.45) is 0 Å². The van der Waals surface area contributed by atoms with E-state index in [9.17, 15) is 5.21 Å². The quantitative estimate of drug-likeness (QED) is 0.305. The zero-order valence-electron chi connectivity index (χ0n) is 13.0. The van der Waals surface area contributed by atoms with Crippen LogP contribution in [-0.2, 0) is 0 Å². The molecule has 1 aliphatic rings. The van der Waals surface area contributed by atoms with E-state index < -0.39 is 0 Å². The van der Waals surface area contributed by atoms with E-state index in [4.69, 9.17) is 11.6 Å². The predicted octanol–water partition coefficient (Wildman–Crippen LogP) is 5.75. The normalized spacial score (nSPS) is 16.5. The standard InChI is InChI=1S/C19H20ClNOS/c20-16-10-12-18(13-11-16)23-19-9-5-4-6-15(19)14-21(22)17-7-2-1-3-8-17/h4-6,9-14,17H,1-3,7-8H2. The van der Waals surface area contributed by atoms with Gasteiger partial charge in [0, 0.05) is 27.7 Å². The Kier molecular flexibility index (Phi) is 5.63. The molecule has 120 valence electrons. The highest BCUT2D eigenvalue weighted by Gasteiger charge is 2.20. The van der Waals surface area contributed by atoms with E-state index in [1.165, 1.54) is 24.0 Å². The topological polar surface area (TPSA) is 26.1 Å². The van der Waals surface area contributed by atoms with Crippen LogP contribution in [-0.4, -0.2) is 17.0 Å². The van der Waals surface area contributed by atoms with Gasteiger partial charge >= 0.3 is 0 Å². The van der Waals surface area contributed by atoms with Crippen LogP contribution in [0.2, 0.25) is 5.02 Å². The minimum atomic E-state index is 0.136. The highest BCUT2D eigenvalue weighted by atomic mass is 35.5. The predicted molar refractivity (Wildman–Crippen MR) is 97.7 cm³/mol. The number of nitrogens with zero attached hydrogens (tertiary/aromatic N) is 1. The van der Waals surface area contributed by atoms with Crippen LogP contribution in [0.15, 0.2) is 58.3 Å². The Labute approximate surface area is 146 Å². The van der Waals surface area contributed by atoms with Crippen molar-refractivity contribution < 1.29 is 4.74 Å². The third kappa shape index (κ3) is 4.52. The van der Waals surface area contributed by atoms with Crippen molar-refractivity contribution in [3.05, 3.63) is 64.3 Å². The molecule has 0 aliphatic heterocycles. The van der Waals surface area contributed by atoms with Gasteiger partial charge in [-0.05, 0) is 49.2 Å². The fraction of sp³-hybridized carbons (Fsp3) is 0.316. The maximum atomic E-state index is 12.5. The molecule has 0 spiro atoms. The molecule has 0 saturated heterocycles. The van der Waals surface area contributed by atoms with Gasteiger partial charge in [0.25, 0.3) is 0 Å². The molecule has 4 heteroatoms. The molecule has 1 saturated carbocycles. The average molecular weight is 346 g/mol. The summed E-state index contributed by atoms with van der Waals surface area (Å²) in [4.78, 5) is 2.21. The molecule has 2 aromatic rings. The van der Waals surface area contributed by atoms with Gasteiger partial charge in [0.05, 0.1) is 5.56 Å². The molecule has 3 rings (SSSR count). The van der Waals surface area contributed by atoms with Gasteiger partial charge in [-0.1, -0.05) is 41.9 Å². The summed E-state index contributed by atoms with van der Waals surface area (Å²) in [5.74, 6) is 0. The zero-order valence-corrected chi connectivity index (χ0v) is 14.5. The third-order valence-electron chi connectivity index (χ3n) is 4.16. The van der Waals surface area contributed by atoms with Gasteiger partial charge in [0.2, 0.25) is 0 Å². The molecule has 0 unspecified atom stereocenters. The van der Waals surface area contributed by atoms with Gasteiger partial charge in [0.1, 0.15) is 0 Å². The molecular weight excluding hydrogens is 326 g/mol. The number of halogens is 1. The Morgan fingerprint density at radius 1 is 1.00 bits per heavy atom. The van der Waals surface area contributed by atoms with Gasteiger partial charge in [-0.2, -0.15) is 0 Å². The Morgan fingerprint density at radius 2 is 1.70 bits per heavy atom. The van der Waals surface area contributed by atoms with Crippen molar-refractivity contribution in [1.29, 1.82) is 0 Å². The van der Waals surface area contributed by atoms with Crippen LogP contribution >= 0.6 is 23.4 Å². The van der Waals surface area contributed by atoms with Crippen LogP contribution in [0.1, 0.15) is 37.7 Å². The first kappa shape index (κ1) is 16.4. The van der Waals surface area contributed by atoms with Crippen LogP contribution in [0.25, 0.3) is 0 Å². The van der Waals surface area contributed by atoms with Crippen molar-refractivity contribution in [2.75, 3.05) is 0 Å². The molecule has 0 N–H and O–H groups in total. The second-order valence-corrected chi connectivity index (χ2v) is 7.43. The maximum Gasteiger partial charge on any atom is 0.183 e. The van der Waals surface area contributed by atoms with Crippen molar-refractivity contribution in [1.82, 2.24) is 0 Å². The first-order valence-electron chi connectivity index (χ1n) is 8.05. The van der Waals surface area contributed by atoms with Gasteiger partial charge < -0.3 is 5.21 Å². The molecule has 0 bridgehead atoms. The average Bonchev–Trinajstić information content (AvgIpc) is 2.59. The fourth-order valence-electron chi connectivity index (χ4n) is 2.89. The van der Waals surface area contributed by atoms with Crippen molar-refractivity contribution in [2.45, 2.75) is 47.9 Å². The monoisotopic (exact) mass is 345 g/mol. The van der Waals surface area contributed by atoms with E-state index in [1.807, 2.05) is 42.5 Å². The summed E-state index contributed by atoms with van der Waals surface area (Å²) in [6, 6.07) is 16.0. The fourth-order valence-corrected chi connectivity index (χ4v) is 3.93. The minimum absolute atomic E-state index is 0.136. The van der Waals surface area contributed by atoms with Gasteiger partial charge in [-0.15, -0.1) is 0 Å². The largest absolute Gasteiger partial charge is 0.624 e. The Bertz CT molecular complexity index is 678. The lowest BCUT2D eigenvalue weighted by Crippen LogP contribution is -2.25. The first-order chi connectivity index (χ1) is 11.2. The van der Waals surface area contributed by atoms with Crippen molar-refractivity contribution in [3.63, 3.8) is 0 Å². The molecule has 2 aromatic carbocycles. The molecule has 23 heavy (non-hydrogen) atoms. The van der Waals surface area contributed by atoms with Gasteiger partial charge in [-0.25, -0.2) is 4.74 Å². The van der Waals surface area contributed by atoms with Crippen LogP contribution in [0, 0.1) is 5.21 Å². The lowest BCUT2D eigenvalue weighted by molar-refractivity contribution is -0.500.